The maximum absolute atomic E-state index is 11.1. The van der Waals surface area contributed by atoms with Gasteiger partial charge in [0.25, 0.3) is 0 Å². The highest BCUT2D eigenvalue weighted by molar-refractivity contribution is 9.10. The average molecular weight is 340 g/mol. The van der Waals surface area contributed by atoms with Crippen LogP contribution in [0.3, 0.4) is 0 Å². The van der Waals surface area contributed by atoms with Crippen molar-refractivity contribution < 1.29 is 14.6 Å². The summed E-state index contributed by atoms with van der Waals surface area (Å²) in [6, 6.07) is 6.90. The van der Waals surface area contributed by atoms with Gasteiger partial charge in [0.2, 0.25) is 0 Å². The molecule has 20 heavy (non-hydrogen) atoms. The van der Waals surface area contributed by atoms with Crippen molar-refractivity contribution in [2.45, 2.75) is 31.4 Å². The van der Waals surface area contributed by atoms with Crippen LogP contribution in [0.25, 0.3) is 0 Å². The van der Waals surface area contributed by atoms with E-state index in [4.69, 9.17) is 9.84 Å². The van der Waals surface area contributed by atoms with Crippen molar-refractivity contribution in [3.8, 4) is 0 Å². The van der Waals surface area contributed by atoms with Gasteiger partial charge in [0.1, 0.15) is 0 Å². The third-order valence-corrected chi connectivity index (χ3v) is 4.75. The highest BCUT2D eigenvalue weighted by Crippen LogP contribution is 2.28. The Hall–Kier alpha value is -0.910. The van der Waals surface area contributed by atoms with Crippen molar-refractivity contribution in [2.75, 3.05) is 19.7 Å². The summed E-state index contributed by atoms with van der Waals surface area (Å²) in [6.07, 6.45) is 2.49. The normalized spacial score (nSPS) is 27.1. The van der Waals surface area contributed by atoms with Gasteiger partial charge < -0.3 is 9.84 Å². The molecule has 1 aliphatic carbocycles. The maximum Gasteiger partial charge on any atom is 0.334 e. The molecule has 2 aliphatic rings. The highest BCUT2D eigenvalue weighted by Gasteiger charge is 2.32. The third-order valence-electron chi connectivity index (χ3n) is 4.26. The van der Waals surface area contributed by atoms with Crippen LogP contribution >= 0.6 is 15.9 Å². The summed E-state index contributed by atoms with van der Waals surface area (Å²) < 4.78 is 6.43. The first-order valence-electron chi connectivity index (χ1n) is 6.99. The molecule has 1 heterocycles. The van der Waals surface area contributed by atoms with E-state index >= 15 is 0 Å². The monoisotopic (exact) mass is 339 g/mol. The zero-order valence-electron chi connectivity index (χ0n) is 11.2. The molecule has 2 unspecified atom stereocenters. The number of carbonyl (C=O) groups is 1. The first kappa shape index (κ1) is 14.0. The molecule has 3 rings (SSSR count). The van der Waals surface area contributed by atoms with Gasteiger partial charge in [0.15, 0.2) is 6.10 Å². The van der Waals surface area contributed by atoms with Crippen molar-refractivity contribution >= 4 is 21.9 Å². The van der Waals surface area contributed by atoms with Crippen molar-refractivity contribution in [1.29, 1.82) is 0 Å². The Morgan fingerprint density at radius 2 is 2.25 bits per heavy atom. The zero-order chi connectivity index (χ0) is 14.1. The fraction of sp³-hybridized carbons (Fsp3) is 0.533. The molecular formula is C15H18BrNO3. The molecule has 5 heteroatoms. The van der Waals surface area contributed by atoms with E-state index in [0.29, 0.717) is 19.2 Å². The van der Waals surface area contributed by atoms with Crippen LogP contribution in [0.5, 0.6) is 0 Å². The largest absolute Gasteiger partial charge is 0.479 e. The highest BCUT2D eigenvalue weighted by atomic mass is 79.9. The molecule has 1 aliphatic heterocycles. The van der Waals surface area contributed by atoms with Gasteiger partial charge in [-0.2, -0.15) is 0 Å². The first-order chi connectivity index (χ1) is 9.63. The van der Waals surface area contributed by atoms with Crippen LogP contribution in [0.1, 0.15) is 17.5 Å². The number of ether oxygens (including phenoxy) is 1. The number of aliphatic carboxylic acids is 1. The Kier molecular flexibility index (Phi) is 4.10. The molecule has 1 N–H and O–H groups in total. The van der Waals surface area contributed by atoms with Crippen LogP contribution in [-0.2, 0) is 22.4 Å². The minimum atomic E-state index is -0.852. The van der Waals surface area contributed by atoms with E-state index in [-0.39, 0.29) is 0 Å². The molecule has 0 bridgehead atoms. The van der Waals surface area contributed by atoms with E-state index in [2.05, 4.69) is 39.0 Å². The SMILES string of the molecule is O=C(O)C1CN(C2CCc3cc(Br)ccc3C2)CCO1. The van der Waals surface area contributed by atoms with Crippen LogP contribution in [0.2, 0.25) is 0 Å². The van der Waals surface area contributed by atoms with E-state index < -0.39 is 12.1 Å². The molecule has 1 aromatic rings. The number of carboxylic acids is 1. The number of halogens is 1. The number of benzene rings is 1. The Morgan fingerprint density at radius 3 is 3.05 bits per heavy atom. The fourth-order valence-corrected chi connectivity index (χ4v) is 3.57. The second-order valence-electron chi connectivity index (χ2n) is 5.50. The Bertz CT molecular complexity index is 520. The van der Waals surface area contributed by atoms with Crippen LogP contribution in [0, 0.1) is 0 Å². The molecule has 1 aromatic carbocycles. The fourth-order valence-electron chi connectivity index (χ4n) is 3.17. The Morgan fingerprint density at radius 1 is 1.40 bits per heavy atom. The van der Waals surface area contributed by atoms with Gasteiger partial charge in [-0.1, -0.05) is 22.0 Å². The molecule has 0 amide bonds. The summed E-state index contributed by atoms with van der Waals surface area (Å²) in [5.41, 5.74) is 2.81. The third kappa shape index (κ3) is 2.90. The van der Waals surface area contributed by atoms with Crippen molar-refractivity contribution in [3.05, 3.63) is 33.8 Å². The number of nitrogens with zero attached hydrogens (tertiary/aromatic N) is 1. The predicted octanol–water partition coefficient (Wildman–Crippen LogP) is 2.09. The van der Waals surface area contributed by atoms with Crippen LogP contribution in [0.4, 0.5) is 0 Å². The Labute approximate surface area is 126 Å². The summed E-state index contributed by atoms with van der Waals surface area (Å²) >= 11 is 3.51. The number of hydrogen-bond acceptors (Lipinski definition) is 3. The number of fused-ring (bicyclic) bond motifs is 1. The van der Waals surface area contributed by atoms with Crippen molar-refractivity contribution in [2.24, 2.45) is 0 Å². The molecule has 0 aromatic heterocycles. The van der Waals surface area contributed by atoms with Crippen LogP contribution in [0.15, 0.2) is 22.7 Å². The topological polar surface area (TPSA) is 49.8 Å². The summed E-state index contributed by atoms with van der Waals surface area (Å²) in [7, 11) is 0. The maximum atomic E-state index is 11.1. The quantitative estimate of drug-likeness (QED) is 0.896. The molecule has 108 valence electrons. The van der Waals surface area contributed by atoms with E-state index in [1.165, 1.54) is 11.1 Å². The van der Waals surface area contributed by atoms with E-state index in [0.717, 1.165) is 30.3 Å². The lowest BCUT2D eigenvalue weighted by Gasteiger charge is -2.39. The molecular weight excluding hydrogens is 322 g/mol. The van der Waals surface area contributed by atoms with Gasteiger partial charge in [0, 0.05) is 23.6 Å². The Balaban J connectivity index is 1.70. The minimum absolute atomic E-state index is 0.439. The number of rotatable bonds is 2. The van der Waals surface area contributed by atoms with Crippen molar-refractivity contribution in [1.82, 2.24) is 4.90 Å². The minimum Gasteiger partial charge on any atom is -0.479 e. The second-order valence-corrected chi connectivity index (χ2v) is 6.42. The summed E-state index contributed by atoms with van der Waals surface area (Å²) in [4.78, 5) is 13.3. The first-order valence-corrected chi connectivity index (χ1v) is 7.78. The zero-order valence-corrected chi connectivity index (χ0v) is 12.8. The van der Waals surface area contributed by atoms with Crippen LogP contribution in [-0.4, -0.2) is 47.8 Å². The lowest BCUT2D eigenvalue weighted by Crippen LogP contribution is -2.51. The lowest BCUT2D eigenvalue weighted by molar-refractivity contribution is -0.157. The smallest absolute Gasteiger partial charge is 0.334 e. The van der Waals surface area contributed by atoms with Gasteiger partial charge in [-0.3, -0.25) is 4.90 Å². The van der Waals surface area contributed by atoms with E-state index in [9.17, 15) is 4.79 Å². The summed E-state index contributed by atoms with van der Waals surface area (Å²) in [5.74, 6) is -0.852. The van der Waals surface area contributed by atoms with Gasteiger partial charge in [-0.05, 0) is 42.5 Å². The van der Waals surface area contributed by atoms with E-state index in [1.807, 2.05) is 0 Å². The standard InChI is InChI=1S/C15H18BrNO3/c16-12-3-1-11-8-13(4-2-10(11)7-12)17-5-6-20-14(9-17)15(18)19/h1,3,7,13-14H,2,4-6,8-9H2,(H,18,19). The van der Waals surface area contributed by atoms with Gasteiger partial charge >= 0.3 is 5.97 Å². The predicted molar refractivity (Wildman–Crippen MR) is 78.9 cm³/mol. The average Bonchev–Trinajstić information content (AvgIpc) is 2.47. The summed E-state index contributed by atoms with van der Waals surface area (Å²) in [5, 5.41) is 9.09. The molecule has 1 saturated heterocycles. The van der Waals surface area contributed by atoms with Gasteiger partial charge in [0.05, 0.1) is 6.61 Å². The second kappa shape index (κ2) is 5.84. The lowest BCUT2D eigenvalue weighted by atomic mass is 9.87. The summed E-state index contributed by atoms with van der Waals surface area (Å²) in [6.45, 7) is 1.85. The van der Waals surface area contributed by atoms with Crippen LogP contribution < -0.4 is 0 Å². The van der Waals surface area contributed by atoms with Gasteiger partial charge in [-0.15, -0.1) is 0 Å². The number of morpholine rings is 1. The molecule has 4 nitrogen and oxygen atoms in total. The molecule has 1 fully saturated rings. The van der Waals surface area contributed by atoms with Gasteiger partial charge in [-0.25, -0.2) is 4.79 Å². The molecule has 0 spiro atoms. The molecule has 0 saturated carbocycles. The number of carboxylic acid groups (broad SMARTS) is 1. The van der Waals surface area contributed by atoms with E-state index in [1.54, 1.807) is 0 Å². The number of aryl methyl sites for hydroxylation is 1. The number of hydrogen-bond donors (Lipinski definition) is 1. The van der Waals surface area contributed by atoms with Crippen molar-refractivity contribution in [3.63, 3.8) is 0 Å². The molecule has 2 atom stereocenters. The molecule has 0 radical (unpaired) electrons.